The van der Waals surface area contributed by atoms with Crippen molar-refractivity contribution in [2.45, 2.75) is 13.8 Å². The maximum Gasteiger partial charge on any atom is 0.261 e. The number of hydrogen-bond acceptors (Lipinski definition) is 4. The van der Waals surface area contributed by atoms with Crippen LogP contribution in [0.1, 0.15) is 21.7 Å². The van der Waals surface area contributed by atoms with E-state index in [0.29, 0.717) is 11.3 Å². The van der Waals surface area contributed by atoms with E-state index in [-0.39, 0.29) is 11.9 Å². The van der Waals surface area contributed by atoms with Gasteiger partial charge >= 0.3 is 0 Å². The maximum absolute atomic E-state index is 11.9. The van der Waals surface area contributed by atoms with Crippen LogP contribution in [-0.4, -0.2) is 26.1 Å². The highest BCUT2D eigenvalue weighted by atomic mass is 16.1. The van der Waals surface area contributed by atoms with Crippen LogP contribution >= 0.6 is 0 Å². The zero-order valence-corrected chi connectivity index (χ0v) is 8.98. The molecule has 0 saturated carbocycles. The number of carbonyl (C=O) groups excluding carboxylic acids is 1. The van der Waals surface area contributed by atoms with E-state index >= 15 is 0 Å². The third kappa shape index (κ3) is 1.90. The Labute approximate surface area is 92.1 Å². The Balaban J connectivity index is 2.22. The predicted octanol–water partition coefficient (Wildman–Crippen LogP) is 1.07. The van der Waals surface area contributed by atoms with E-state index in [1.807, 2.05) is 0 Å². The van der Waals surface area contributed by atoms with E-state index < -0.39 is 0 Å². The lowest BCUT2D eigenvalue weighted by atomic mass is 10.2. The van der Waals surface area contributed by atoms with Crippen molar-refractivity contribution < 1.29 is 4.79 Å². The van der Waals surface area contributed by atoms with Crippen LogP contribution in [0.15, 0.2) is 18.5 Å². The fourth-order valence-corrected chi connectivity index (χ4v) is 1.41. The van der Waals surface area contributed by atoms with Gasteiger partial charge in [0.15, 0.2) is 0 Å². The number of nitrogens with zero attached hydrogens (tertiary/aromatic N) is 3. The normalized spacial score (nSPS) is 10.1. The average Bonchev–Trinajstić information content (AvgIpc) is 2.60. The topological polar surface area (TPSA) is 83.6 Å². The molecule has 82 valence electrons. The lowest BCUT2D eigenvalue weighted by Gasteiger charge is -2.02. The fourth-order valence-electron chi connectivity index (χ4n) is 1.41. The Hall–Kier alpha value is -2.24. The van der Waals surface area contributed by atoms with Crippen LogP contribution in [0, 0.1) is 13.8 Å². The van der Waals surface area contributed by atoms with E-state index in [1.54, 1.807) is 32.3 Å². The molecule has 0 fully saturated rings. The summed E-state index contributed by atoms with van der Waals surface area (Å²) >= 11 is 0. The van der Waals surface area contributed by atoms with Crippen molar-refractivity contribution in [3.63, 3.8) is 0 Å². The number of nitrogens with one attached hydrogen (secondary N) is 2. The zero-order chi connectivity index (χ0) is 11.5. The average molecular weight is 217 g/mol. The predicted molar refractivity (Wildman–Crippen MR) is 58.0 cm³/mol. The molecule has 0 aliphatic carbocycles. The molecule has 2 aromatic heterocycles. The largest absolute Gasteiger partial charge is 0.290 e. The number of H-pyrrole nitrogens is 1. The Morgan fingerprint density at radius 1 is 1.31 bits per heavy atom. The van der Waals surface area contributed by atoms with Crippen LogP contribution in [0.3, 0.4) is 0 Å². The van der Waals surface area contributed by atoms with Gasteiger partial charge in [0.05, 0.1) is 11.3 Å². The van der Waals surface area contributed by atoms with Gasteiger partial charge in [0.25, 0.3) is 5.91 Å². The number of aryl methyl sites for hydroxylation is 2. The Kier molecular flexibility index (Phi) is 2.63. The molecule has 1 amide bonds. The lowest BCUT2D eigenvalue weighted by molar-refractivity contribution is 0.102. The molecule has 0 aromatic carbocycles. The minimum atomic E-state index is -0.255. The van der Waals surface area contributed by atoms with Crippen LogP contribution in [0.5, 0.6) is 0 Å². The molecule has 2 rings (SSSR count). The van der Waals surface area contributed by atoms with Crippen LogP contribution < -0.4 is 5.32 Å². The molecule has 0 atom stereocenters. The Bertz CT molecular complexity index is 486. The van der Waals surface area contributed by atoms with Crippen LogP contribution in [0.25, 0.3) is 0 Å². The molecule has 0 spiro atoms. The van der Waals surface area contributed by atoms with E-state index in [4.69, 9.17) is 0 Å². The van der Waals surface area contributed by atoms with E-state index in [1.165, 1.54) is 0 Å². The first-order chi connectivity index (χ1) is 7.68. The molecule has 0 saturated heterocycles. The van der Waals surface area contributed by atoms with Gasteiger partial charge in [0.2, 0.25) is 5.95 Å². The number of carbonyl (C=O) groups is 1. The highest BCUT2D eigenvalue weighted by molar-refractivity contribution is 6.04. The highest BCUT2D eigenvalue weighted by Gasteiger charge is 2.15. The molecule has 6 heteroatoms. The van der Waals surface area contributed by atoms with Gasteiger partial charge < -0.3 is 0 Å². The van der Waals surface area contributed by atoms with Gasteiger partial charge in [-0.1, -0.05) is 0 Å². The summed E-state index contributed by atoms with van der Waals surface area (Å²) in [6, 6.07) is 1.68. The van der Waals surface area contributed by atoms with Crippen molar-refractivity contribution in [3.05, 3.63) is 35.4 Å². The minimum Gasteiger partial charge on any atom is -0.290 e. The standard InChI is InChI=1S/C10H11N5O/c1-6-8(7(2)15-14-6)9(16)13-10-11-4-3-5-12-10/h3-5H,1-2H3,(H,14,15)(H,11,12,13,16). The molecule has 2 aromatic rings. The first kappa shape index (κ1) is 10.3. The molecule has 0 aliphatic rings. The molecule has 2 heterocycles. The lowest BCUT2D eigenvalue weighted by Crippen LogP contribution is -2.15. The van der Waals surface area contributed by atoms with Crippen molar-refractivity contribution in [1.82, 2.24) is 20.2 Å². The molecular weight excluding hydrogens is 206 g/mol. The van der Waals surface area contributed by atoms with E-state index in [0.717, 1.165) is 5.69 Å². The SMILES string of the molecule is Cc1n[nH]c(C)c1C(=O)Nc1ncccn1. The third-order valence-corrected chi connectivity index (χ3v) is 2.15. The van der Waals surface area contributed by atoms with E-state index in [9.17, 15) is 4.79 Å². The number of rotatable bonds is 2. The van der Waals surface area contributed by atoms with Gasteiger partial charge in [-0.2, -0.15) is 5.10 Å². The number of hydrogen-bond donors (Lipinski definition) is 2. The van der Waals surface area contributed by atoms with Crippen molar-refractivity contribution in [2.24, 2.45) is 0 Å². The van der Waals surface area contributed by atoms with Crippen LogP contribution in [0.2, 0.25) is 0 Å². The molecule has 16 heavy (non-hydrogen) atoms. The number of amides is 1. The van der Waals surface area contributed by atoms with Gasteiger partial charge in [-0.3, -0.25) is 15.2 Å². The summed E-state index contributed by atoms with van der Waals surface area (Å²) in [6.45, 7) is 3.56. The number of aromatic nitrogens is 4. The van der Waals surface area contributed by atoms with Crippen LogP contribution in [0.4, 0.5) is 5.95 Å². The van der Waals surface area contributed by atoms with E-state index in [2.05, 4.69) is 25.5 Å². The summed E-state index contributed by atoms with van der Waals surface area (Å²) in [6.07, 6.45) is 3.13. The van der Waals surface area contributed by atoms with Gasteiger partial charge in [0, 0.05) is 18.1 Å². The molecule has 6 nitrogen and oxygen atoms in total. The Morgan fingerprint density at radius 2 is 2.00 bits per heavy atom. The monoisotopic (exact) mass is 217 g/mol. The van der Waals surface area contributed by atoms with Crippen LogP contribution in [-0.2, 0) is 0 Å². The van der Waals surface area contributed by atoms with Crippen molar-refractivity contribution in [1.29, 1.82) is 0 Å². The molecule has 2 N–H and O–H groups in total. The smallest absolute Gasteiger partial charge is 0.261 e. The summed E-state index contributed by atoms with van der Waals surface area (Å²) in [5.74, 6) is 0.0300. The summed E-state index contributed by atoms with van der Waals surface area (Å²) in [5.41, 5.74) is 1.92. The summed E-state index contributed by atoms with van der Waals surface area (Å²) in [7, 11) is 0. The van der Waals surface area contributed by atoms with Gasteiger partial charge in [0.1, 0.15) is 0 Å². The van der Waals surface area contributed by atoms with Gasteiger partial charge in [-0.05, 0) is 19.9 Å². The fraction of sp³-hybridized carbons (Fsp3) is 0.200. The second-order valence-corrected chi connectivity index (χ2v) is 3.34. The zero-order valence-electron chi connectivity index (χ0n) is 8.98. The molecule has 0 aliphatic heterocycles. The minimum absolute atomic E-state index is 0.255. The third-order valence-electron chi connectivity index (χ3n) is 2.15. The molecule has 0 unspecified atom stereocenters. The van der Waals surface area contributed by atoms with Gasteiger partial charge in [-0.25, -0.2) is 9.97 Å². The second kappa shape index (κ2) is 4.09. The quantitative estimate of drug-likeness (QED) is 0.788. The molecular formula is C10H11N5O. The maximum atomic E-state index is 11.9. The molecule has 0 bridgehead atoms. The summed E-state index contributed by atoms with van der Waals surface area (Å²) in [5, 5.41) is 9.31. The number of aromatic amines is 1. The highest BCUT2D eigenvalue weighted by Crippen LogP contribution is 2.10. The first-order valence-corrected chi connectivity index (χ1v) is 4.78. The number of anilines is 1. The van der Waals surface area contributed by atoms with Crippen molar-refractivity contribution in [2.75, 3.05) is 5.32 Å². The van der Waals surface area contributed by atoms with Crippen molar-refractivity contribution >= 4 is 11.9 Å². The van der Waals surface area contributed by atoms with Crippen molar-refractivity contribution in [3.8, 4) is 0 Å². The second-order valence-electron chi connectivity index (χ2n) is 3.34. The Morgan fingerprint density at radius 3 is 2.56 bits per heavy atom. The molecule has 0 radical (unpaired) electrons. The van der Waals surface area contributed by atoms with Gasteiger partial charge in [-0.15, -0.1) is 0 Å². The summed E-state index contributed by atoms with van der Waals surface area (Å²) < 4.78 is 0. The summed E-state index contributed by atoms with van der Waals surface area (Å²) in [4.78, 5) is 19.7. The first-order valence-electron chi connectivity index (χ1n) is 4.78.